The van der Waals surface area contributed by atoms with Crippen molar-refractivity contribution in [1.82, 2.24) is 4.98 Å². The first-order valence-corrected chi connectivity index (χ1v) is 9.63. The van der Waals surface area contributed by atoms with Crippen LogP contribution >= 0.6 is 0 Å². The maximum Gasteiger partial charge on any atom is 0.417 e. The summed E-state index contributed by atoms with van der Waals surface area (Å²) >= 11 is 0. The highest BCUT2D eigenvalue weighted by molar-refractivity contribution is 5.93. The number of pyridine rings is 1. The molecule has 1 aliphatic rings. The smallest absolute Gasteiger partial charge is 0.359 e. The summed E-state index contributed by atoms with van der Waals surface area (Å²) in [4.78, 5) is 25.4. The highest BCUT2D eigenvalue weighted by atomic mass is 19.4. The van der Waals surface area contributed by atoms with E-state index in [1.165, 1.54) is 25.1 Å². The second-order valence-corrected chi connectivity index (χ2v) is 7.78. The maximum absolute atomic E-state index is 13.9. The molecule has 1 N–H and O–H groups in total. The number of nitro groups is 1. The second kappa shape index (κ2) is 7.49. The lowest BCUT2D eigenvalue weighted by molar-refractivity contribution is -0.384. The van der Waals surface area contributed by atoms with Crippen molar-refractivity contribution in [2.45, 2.75) is 31.2 Å². The minimum Gasteiger partial charge on any atom is -0.359 e. The van der Waals surface area contributed by atoms with Crippen LogP contribution in [0.1, 0.15) is 29.5 Å². The number of hydrogen-bond acceptors (Lipinski definition) is 4. The van der Waals surface area contributed by atoms with Crippen LogP contribution in [-0.4, -0.2) is 28.7 Å². The van der Waals surface area contributed by atoms with Crippen molar-refractivity contribution in [3.8, 4) is 0 Å². The molecule has 0 saturated heterocycles. The first-order valence-electron chi connectivity index (χ1n) is 9.63. The number of hydrogen-bond donors (Lipinski definition) is 1. The molecule has 2 aromatic carbocycles. The number of aromatic nitrogens is 1. The molecule has 0 fully saturated rings. The molecule has 6 nitrogen and oxygen atoms in total. The number of nitrogens with one attached hydrogen (secondary N) is 1. The molecule has 1 aliphatic heterocycles. The highest BCUT2D eigenvalue weighted by Crippen LogP contribution is 2.50. The van der Waals surface area contributed by atoms with Crippen molar-refractivity contribution < 1.29 is 31.3 Å². The van der Waals surface area contributed by atoms with Crippen LogP contribution in [0.4, 0.5) is 37.7 Å². The molecular formula is C21H15F6N3O3. The molecule has 2 atom stereocenters. The Kier molecular flexibility index (Phi) is 5.14. The van der Waals surface area contributed by atoms with Crippen molar-refractivity contribution in [2.24, 2.45) is 0 Å². The lowest BCUT2D eigenvalue weighted by Gasteiger charge is -2.28. The third kappa shape index (κ3) is 4.00. The molecule has 33 heavy (non-hydrogen) atoms. The summed E-state index contributed by atoms with van der Waals surface area (Å²) < 4.78 is 81.7. The van der Waals surface area contributed by atoms with Crippen molar-refractivity contribution in [2.75, 3.05) is 11.4 Å². The molecule has 0 saturated carbocycles. The van der Waals surface area contributed by atoms with Gasteiger partial charge in [0, 0.05) is 46.7 Å². The standard InChI is InChI=1S/C21H15F6N3O3/c1-10-17(11-2-4-12(5-3-11)30(32)33)19-15(29(10)9-20(22,23)24)7-6-14-18(19)13(21(25,26)27)8-16(31)28-14/h2-8,10,17H,9H2,1H3,(H,28,31). The lowest BCUT2D eigenvalue weighted by atomic mass is 9.85. The molecule has 2 heterocycles. The van der Waals surface area contributed by atoms with Gasteiger partial charge in [-0.25, -0.2) is 0 Å². The topological polar surface area (TPSA) is 79.2 Å². The molecule has 4 rings (SSSR count). The Morgan fingerprint density at radius 3 is 2.24 bits per heavy atom. The van der Waals surface area contributed by atoms with Gasteiger partial charge in [-0.2, -0.15) is 26.3 Å². The zero-order chi connectivity index (χ0) is 24.3. The number of non-ortho nitro benzene ring substituents is 1. The van der Waals surface area contributed by atoms with Crippen molar-refractivity contribution in [1.29, 1.82) is 0 Å². The van der Waals surface area contributed by atoms with Crippen LogP contribution in [0.15, 0.2) is 47.3 Å². The van der Waals surface area contributed by atoms with Gasteiger partial charge in [0.2, 0.25) is 5.56 Å². The van der Waals surface area contributed by atoms with E-state index in [-0.39, 0.29) is 22.5 Å². The number of anilines is 1. The molecule has 0 spiro atoms. The number of halogens is 6. The van der Waals surface area contributed by atoms with Gasteiger partial charge < -0.3 is 9.88 Å². The van der Waals surface area contributed by atoms with Gasteiger partial charge in [0.15, 0.2) is 0 Å². The normalized spacial score (nSPS) is 18.6. The molecule has 0 bridgehead atoms. The quantitative estimate of drug-likeness (QED) is 0.317. The summed E-state index contributed by atoms with van der Waals surface area (Å²) in [6.45, 7) is 0.0451. The molecule has 12 heteroatoms. The van der Waals surface area contributed by atoms with Gasteiger partial charge in [-0.15, -0.1) is 0 Å². The zero-order valence-corrected chi connectivity index (χ0v) is 16.8. The van der Waals surface area contributed by atoms with Crippen molar-refractivity contribution in [3.05, 3.63) is 79.6 Å². The SMILES string of the molecule is CC1C(c2ccc([N+](=O)[O-])cc2)c2c(ccc3[nH]c(=O)cc(C(F)(F)F)c23)N1CC(F)(F)F. The zero-order valence-electron chi connectivity index (χ0n) is 16.8. The Hall–Kier alpha value is -3.57. The van der Waals surface area contributed by atoms with Crippen LogP contribution in [0.3, 0.4) is 0 Å². The fourth-order valence-electron chi connectivity index (χ4n) is 4.48. The average molecular weight is 471 g/mol. The van der Waals surface area contributed by atoms with E-state index in [1.54, 1.807) is 0 Å². The van der Waals surface area contributed by atoms with Crippen LogP contribution < -0.4 is 10.5 Å². The first-order chi connectivity index (χ1) is 15.3. The third-order valence-corrected chi connectivity index (χ3v) is 5.74. The Bertz CT molecular complexity index is 1300. The summed E-state index contributed by atoms with van der Waals surface area (Å²) in [6.07, 6.45) is -9.58. The first kappa shape index (κ1) is 22.6. The molecule has 1 aromatic heterocycles. The minimum atomic E-state index is -4.94. The Balaban J connectivity index is 2.04. The van der Waals surface area contributed by atoms with E-state index in [4.69, 9.17) is 0 Å². The van der Waals surface area contributed by atoms with Gasteiger partial charge in [-0.3, -0.25) is 14.9 Å². The van der Waals surface area contributed by atoms with Crippen LogP contribution in [0.5, 0.6) is 0 Å². The van der Waals surface area contributed by atoms with E-state index in [2.05, 4.69) is 4.98 Å². The number of benzene rings is 2. The number of alkyl halides is 6. The minimum absolute atomic E-state index is 0.0262. The Morgan fingerprint density at radius 1 is 1.06 bits per heavy atom. The third-order valence-electron chi connectivity index (χ3n) is 5.74. The molecule has 0 amide bonds. The predicted octanol–water partition coefficient (Wildman–Crippen LogP) is 5.36. The monoisotopic (exact) mass is 471 g/mol. The van der Waals surface area contributed by atoms with Gasteiger partial charge >= 0.3 is 12.4 Å². The van der Waals surface area contributed by atoms with Gasteiger partial charge in [0.1, 0.15) is 6.54 Å². The van der Waals surface area contributed by atoms with E-state index in [0.717, 1.165) is 23.1 Å². The van der Waals surface area contributed by atoms with Crippen LogP contribution in [0.25, 0.3) is 10.9 Å². The number of aromatic amines is 1. The fourth-order valence-corrected chi connectivity index (χ4v) is 4.48. The number of nitro benzene ring substituents is 1. The van der Waals surface area contributed by atoms with E-state index in [9.17, 15) is 41.3 Å². The number of fused-ring (bicyclic) bond motifs is 3. The molecule has 2 unspecified atom stereocenters. The van der Waals surface area contributed by atoms with Gasteiger partial charge in [0.05, 0.1) is 10.5 Å². The molecule has 174 valence electrons. The summed E-state index contributed by atoms with van der Waals surface area (Å²) in [6, 6.07) is 6.78. The van der Waals surface area contributed by atoms with Gasteiger partial charge in [-0.05, 0) is 30.2 Å². The number of rotatable bonds is 3. The number of nitrogens with zero attached hydrogens (tertiary/aromatic N) is 2. The van der Waals surface area contributed by atoms with Gasteiger partial charge in [0.25, 0.3) is 5.69 Å². The van der Waals surface area contributed by atoms with Crippen molar-refractivity contribution in [3.63, 3.8) is 0 Å². The van der Waals surface area contributed by atoms with Crippen LogP contribution in [0.2, 0.25) is 0 Å². The van der Waals surface area contributed by atoms with E-state index in [1.807, 2.05) is 0 Å². The highest BCUT2D eigenvalue weighted by Gasteiger charge is 2.45. The van der Waals surface area contributed by atoms with E-state index < -0.39 is 52.3 Å². The molecule has 0 radical (unpaired) electrons. The van der Waals surface area contributed by atoms with E-state index >= 15 is 0 Å². The predicted molar refractivity (Wildman–Crippen MR) is 107 cm³/mol. The largest absolute Gasteiger partial charge is 0.417 e. The van der Waals surface area contributed by atoms with Crippen LogP contribution in [0, 0.1) is 10.1 Å². The van der Waals surface area contributed by atoms with E-state index in [0.29, 0.717) is 11.6 Å². The Morgan fingerprint density at radius 2 is 1.70 bits per heavy atom. The lowest BCUT2D eigenvalue weighted by Crippen LogP contribution is -2.39. The van der Waals surface area contributed by atoms with Crippen molar-refractivity contribution >= 4 is 22.3 Å². The van der Waals surface area contributed by atoms with Gasteiger partial charge in [-0.1, -0.05) is 12.1 Å². The number of H-pyrrole nitrogens is 1. The second-order valence-electron chi connectivity index (χ2n) is 7.78. The fraction of sp³-hybridized carbons (Fsp3) is 0.286. The summed E-state index contributed by atoms with van der Waals surface area (Å²) in [5.41, 5.74) is -2.46. The summed E-state index contributed by atoms with van der Waals surface area (Å²) in [7, 11) is 0. The summed E-state index contributed by atoms with van der Waals surface area (Å²) in [5, 5.41) is 10.6. The molecular weight excluding hydrogens is 456 g/mol. The van der Waals surface area contributed by atoms with Crippen LogP contribution in [-0.2, 0) is 6.18 Å². The Labute approximate surface area is 181 Å². The average Bonchev–Trinajstić information content (AvgIpc) is 2.97. The molecule has 3 aromatic rings. The maximum atomic E-state index is 13.9. The summed E-state index contributed by atoms with van der Waals surface area (Å²) in [5.74, 6) is -0.973. The molecule has 0 aliphatic carbocycles.